The van der Waals surface area contributed by atoms with Crippen LogP contribution >= 0.6 is 23.1 Å². The maximum absolute atomic E-state index is 13.9. The zero-order valence-corrected chi connectivity index (χ0v) is 18.1. The number of hydrogen-bond donors (Lipinski definition) is 3. The molecule has 0 bridgehead atoms. The molecule has 0 spiro atoms. The lowest BCUT2D eigenvalue weighted by molar-refractivity contribution is 0.0996. The molecule has 3 rings (SSSR count). The number of carbonyl (C=O) groups is 2. The number of nitrogens with zero attached hydrogens (tertiary/aromatic N) is 2. The summed E-state index contributed by atoms with van der Waals surface area (Å²) in [6.45, 7) is 3.00. The lowest BCUT2D eigenvalue weighted by atomic mass is 10.2. The molecule has 1 aromatic heterocycles. The molecule has 12 heteroatoms. The summed E-state index contributed by atoms with van der Waals surface area (Å²) in [6, 6.07) is 1.37. The number of amides is 3. The van der Waals surface area contributed by atoms with E-state index in [1.807, 2.05) is 0 Å². The molecule has 2 heterocycles. The molecule has 31 heavy (non-hydrogen) atoms. The van der Waals surface area contributed by atoms with E-state index >= 15 is 0 Å². The van der Waals surface area contributed by atoms with Gasteiger partial charge in [-0.05, 0) is 62.6 Å². The van der Waals surface area contributed by atoms with Crippen LogP contribution in [0, 0.1) is 11.6 Å². The van der Waals surface area contributed by atoms with Gasteiger partial charge in [-0.2, -0.15) is 4.37 Å². The largest absolute Gasteiger partial charge is 0.471 e. The molecule has 0 unspecified atom stereocenters. The Kier molecular flexibility index (Phi) is 7.99. The number of primary amides is 1. The van der Waals surface area contributed by atoms with Gasteiger partial charge in [-0.3, -0.25) is 10.1 Å². The Morgan fingerprint density at radius 2 is 1.94 bits per heavy atom. The Morgan fingerprint density at radius 3 is 2.58 bits per heavy atom. The summed E-state index contributed by atoms with van der Waals surface area (Å²) in [5, 5.41) is 5.21. The molecule has 1 saturated heterocycles. The number of benzene rings is 1. The number of carbonyl (C=O) groups excluding carboxylic acids is 2. The van der Waals surface area contributed by atoms with Crippen molar-refractivity contribution in [2.75, 3.05) is 31.5 Å². The third-order valence-corrected chi connectivity index (χ3v) is 5.69. The Hall–Kier alpha value is -2.50. The zero-order chi connectivity index (χ0) is 22.4. The highest BCUT2D eigenvalue weighted by molar-refractivity contribution is 7.11. The van der Waals surface area contributed by atoms with Crippen LogP contribution in [0.5, 0.6) is 5.88 Å². The van der Waals surface area contributed by atoms with E-state index in [1.165, 1.54) is 12.8 Å². The molecule has 1 fully saturated rings. The number of ether oxygens (including phenoxy) is 1. The van der Waals surface area contributed by atoms with Crippen LogP contribution in [0.4, 0.5) is 18.6 Å². The number of aromatic nitrogens is 1. The molecule has 2 aromatic rings. The number of nitrogens with one attached hydrogen (secondary N) is 2. The first kappa shape index (κ1) is 23.2. The van der Waals surface area contributed by atoms with E-state index in [-0.39, 0.29) is 27.0 Å². The van der Waals surface area contributed by atoms with Gasteiger partial charge in [0, 0.05) is 11.6 Å². The van der Waals surface area contributed by atoms with Crippen molar-refractivity contribution in [3.05, 3.63) is 39.9 Å². The van der Waals surface area contributed by atoms with E-state index in [4.69, 9.17) is 22.1 Å². The highest BCUT2D eigenvalue weighted by Gasteiger charge is 2.23. The number of hydrogen-bond acceptors (Lipinski definition) is 6. The van der Waals surface area contributed by atoms with E-state index in [9.17, 15) is 18.4 Å². The van der Waals surface area contributed by atoms with Gasteiger partial charge in [-0.15, -0.1) is 0 Å². The standard InChI is InChI=1S/C19H22ClF2N5O3S/c20-11-8-13(21)12(14(22)9-11)10-30-17-15(16(23)28)18(31-26-17)25-19(29)24-4-3-7-27-5-1-2-6-27/h8-9H,1-7,10H2,(H2,23,28)(H2,24,25,29). The number of urea groups is 1. The van der Waals surface area contributed by atoms with Gasteiger partial charge in [0.25, 0.3) is 5.91 Å². The Labute approximate surface area is 186 Å². The van der Waals surface area contributed by atoms with E-state index < -0.39 is 30.2 Å². The fourth-order valence-electron chi connectivity index (χ4n) is 3.19. The Bertz CT molecular complexity index is 930. The molecule has 4 N–H and O–H groups in total. The topological polar surface area (TPSA) is 110 Å². The van der Waals surface area contributed by atoms with Crippen LogP contribution < -0.4 is 21.1 Å². The summed E-state index contributed by atoms with van der Waals surface area (Å²) in [5.74, 6) is -2.92. The highest BCUT2D eigenvalue weighted by Crippen LogP contribution is 2.31. The number of likely N-dealkylation sites (tertiary alicyclic amines) is 1. The zero-order valence-electron chi connectivity index (χ0n) is 16.6. The van der Waals surface area contributed by atoms with Crippen LogP contribution in [-0.2, 0) is 6.61 Å². The van der Waals surface area contributed by atoms with Crippen LogP contribution in [0.15, 0.2) is 12.1 Å². The number of anilines is 1. The van der Waals surface area contributed by atoms with Crippen LogP contribution in [-0.4, -0.2) is 47.4 Å². The predicted octanol–water partition coefficient (Wildman–Crippen LogP) is 3.36. The number of nitrogens with two attached hydrogens (primary N) is 1. The van der Waals surface area contributed by atoms with Gasteiger partial charge in [-0.25, -0.2) is 13.6 Å². The minimum absolute atomic E-state index is 0.0802. The van der Waals surface area contributed by atoms with Crippen molar-refractivity contribution >= 4 is 40.1 Å². The van der Waals surface area contributed by atoms with Crippen LogP contribution in [0.2, 0.25) is 5.02 Å². The first-order valence-electron chi connectivity index (χ1n) is 9.68. The van der Waals surface area contributed by atoms with E-state index in [0.717, 1.165) is 49.7 Å². The molecule has 1 aliphatic heterocycles. The average Bonchev–Trinajstić information content (AvgIpc) is 3.34. The molecule has 0 saturated carbocycles. The third kappa shape index (κ3) is 6.25. The summed E-state index contributed by atoms with van der Waals surface area (Å²) < 4.78 is 37.1. The van der Waals surface area contributed by atoms with Gasteiger partial charge in [-0.1, -0.05) is 11.6 Å². The van der Waals surface area contributed by atoms with Gasteiger partial charge in [0.05, 0.1) is 5.56 Å². The minimum atomic E-state index is -0.898. The van der Waals surface area contributed by atoms with Gasteiger partial charge in [0.2, 0.25) is 5.88 Å². The molecule has 8 nitrogen and oxygen atoms in total. The quantitative estimate of drug-likeness (QED) is 0.484. The monoisotopic (exact) mass is 473 g/mol. The fourth-order valence-corrected chi connectivity index (χ4v) is 4.11. The number of halogens is 3. The molecule has 0 aliphatic carbocycles. The van der Waals surface area contributed by atoms with E-state index in [1.54, 1.807) is 0 Å². The molecule has 0 radical (unpaired) electrons. The van der Waals surface area contributed by atoms with Crippen LogP contribution in [0.3, 0.4) is 0 Å². The maximum atomic E-state index is 13.9. The van der Waals surface area contributed by atoms with Crippen LogP contribution in [0.25, 0.3) is 0 Å². The smallest absolute Gasteiger partial charge is 0.319 e. The molecule has 1 aromatic carbocycles. The lowest BCUT2D eigenvalue weighted by Gasteiger charge is -2.14. The third-order valence-electron chi connectivity index (χ3n) is 4.73. The first-order valence-corrected chi connectivity index (χ1v) is 10.8. The molecule has 168 valence electrons. The summed E-state index contributed by atoms with van der Waals surface area (Å²) in [5.41, 5.74) is 4.83. The van der Waals surface area contributed by atoms with Crippen LogP contribution in [0.1, 0.15) is 35.2 Å². The second-order valence-electron chi connectivity index (χ2n) is 6.98. The predicted molar refractivity (Wildman–Crippen MR) is 114 cm³/mol. The van der Waals surface area contributed by atoms with Gasteiger partial charge in [0.15, 0.2) is 0 Å². The second-order valence-corrected chi connectivity index (χ2v) is 8.19. The first-order chi connectivity index (χ1) is 14.8. The molecule has 1 aliphatic rings. The van der Waals surface area contributed by atoms with Crippen molar-refractivity contribution < 1.29 is 23.1 Å². The van der Waals surface area contributed by atoms with Crippen molar-refractivity contribution in [2.45, 2.75) is 25.9 Å². The molecule has 0 atom stereocenters. The van der Waals surface area contributed by atoms with Crippen molar-refractivity contribution in [1.82, 2.24) is 14.6 Å². The van der Waals surface area contributed by atoms with Gasteiger partial charge >= 0.3 is 6.03 Å². The number of rotatable bonds is 9. The van der Waals surface area contributed by atoms with Gasteiger partial charge in [0.1, 0.15) is 28.8 Å². The summed E-state index contributed by atoms with van der Waals surface area (Å²) in [4.78, 5) is 26.3. The van der Waals surface area contributed by atoms with Gasteiger partial charge < -0.3 is 20.7 Å². The van der Waals surface area contributed by atoms with Crippen molar-refractivity contribution in [1.29, 1.82) is 0 Å². The summed E-state index contributed by atoms with van der Waals surface area (Å²) in [6.07, 6.45) is 3.21. The normalized spacial score (nSPS) is 13.9. The summed E-state index contributed by atoms with van der Waals surface area (Å²) in [7, 11) is 0. The lowest BCUT2D eigenvalue weighted by Crippen LogP contribution is -2.32. The Morgan fingerprint density at radius 1 is 1.26 bits per heavy atom. The Balaban J connectivity index is 1.57. The van der Waals surface area contributed by atoms with Crippen molar-refractivity contribution in [2.24, 2.45) is 5.73 Å². The molecular formula is C19H22ClF2N5O3S. The van der Waals surface area contributed by atoms with Crippen molar-refractivity contribution in [3.63, 3.8) is 0 Å². The summed E-state index contributed by atoms with van der Waals surface area (Å²) >= 11 is 6.37. The van der Waals surface area contributed by atoms with E-state index in [0.29, 0.717) is 6.54 Å². The maximum Gasteiger partial charge on any atom is 0.319 e. The highest BCUT2D eigenvalue weighted by atomic mass is 35.5. The SMILES string of the molecule is NC(=O)c1c(OCc2c(F)cc(Cl)cc2F)nsc1NC(=O)NCCCN1CCCC1. The minimum Gasteiger partial charge on any atom is -0.471 e. The fraction of sp³-hybridized carbons (Fsp3) is 0.421. The van der Waals surface area contributed by atoms with Crippen molar-refractivity contribution in [3.8, 4) is 5.88 Å². The van der Waals surface area contributed by atoms with E-state index in [2.05, 4.69) is 19.9 Å². The molecule has 3 amide bonds. The average molecular weight is 474 g/mol. The molecular weight excluding hydrogens is 452 g/mol. The second kappa shape index (κ2) is 10.7.